The van der Waals surface area contributed by atoms with Crippen LogP contribution in [0.3, 0.4) is 0 Å². The molecule has 1 spiro atoms. The molecule has 3 atom stereocenters. The summed E-state index contributed by atoms with van der Waals surface area (Å²) in [6.07, 6.45) is 29.5. The van der Waals surface area contributed by atoms with Gasteiger partial charge >= 0.3 is 0 Å². The van der Waals surface area contributed by atoms with E-state index in [4.69, 9.17) is 0 Å². The van der Waals surface area contributed by atoms with Crippen molar-refractivity contribution in [1.82, 2.24) is 0 Å². The summed E-state index contributed by atoms with van der Waals surface area (Å²) in [5, 5.41) is 0. The van der Waals surface area contributed by atoms with Crippen LogP contribution < -0.4 is 0 Å². The summed E-state index contributed by atoms with van der Waals surface area (Å²) in [5.74, 6) is 0.606. The van der Waals surface area contributed by atoms with E-state index in [1.165, 1.54) is 28.7 Å². The van der Waals surface area contributed by atoms with Crippen molar-refractivity contribution in [2.24, 2.45) is 5.92 Å². The number of rotatable bonds is 4. The SMILES string of the molecule is C1=CCC=CC(C2(C3=CCCC=C3)C3=CC=C(Cc4ccccc4)C4CC34c3ccccc32)=C1. The van der Waals surface area contributed by atoms with Crippen molar-refractivity contribution in [2.45, 2.75) is 42.9 Å². The number of allylic oxidation sites excluding steroid dienone is 14. The van der Waals surface area contributed by atoms with E-state index in [-0.39, 0.29) is 10.8 Å². The average Bonchev–Trinajstić information content (AvgIpc) is 3.66. The molecule has 1 saturated carbocycles. The maximum atomic E-state index is 2.52. The summed E-state index contributed by atoms with van der Waals surface area (Å²) in [6.45, 7) is 0. The van der Waals surface area contributed by atoms with Gasteiger partial charge in [-0.05, 0) is 71.4 Å². The molecule has 0 heteroatoms. The molecule has 1 fully saturated rings. The van der Waals surface area contributed by atoms with Crippen LogP contribution >= 0.6 is 0 Å². The average molecular weight is 439 g/mol. The smallest absolute Gasteiger partial charge is 0.0673 e. The van der Waals surface area contributed by atoms with Crippen molar-refractivity contribution >= 4 is 0 Å². The minimum Gasteiger partial charge on any atom is -0.0839 e. The van der Waals surface area contributed by atoms with Crippen LogP contribution in [-0.4, -0.2) is 0 Å². The van der Waals surface area contributed by atoms with Gasteiger partial charge in [-0.25, -0.2) is 0 Å². The van der Waals surface area contributed by atoms with Gasteiger partial charge in [0, 0.05) is 5.41 Å². The van der Waals surface area contributed by atoms with E-state index in [2.05, 4.69) is 115 Å². The van der Waals surface area contributed by atoms with Crippen molar-refractivity contribution in [2.75, 3.05) is 0 Å². The van der Waals surface area contributed by atoms with Crippen LogP contribution in [0.2, 0.25) is 0 Å². The summed E-state index contributed by atoms with van der Waals surface area (Å²) in [6, 6.07) is 20.3. The molecule has 7 rings (SSSR count). The zero-order valence-electron chi connectivity index (χ0n) is 19.6. The van der Waals surface area contributed by atoms with Crippen molar-refractivity contribution < 1.29 is 0 Å². The number of hydrogen-bond donors (Lipinski definition) is 0. The lowest BCUT2D eigenvalue weighted by molar-refractivity contribution is 0.652. The van der Waals surface area contributed by atoms with E-state index in [1.807, 2.05) is 0 Å². The summed E-state index contributed by atoms with van der Waals surface area (Å²) < 4.78 is 0. The lowest BCUT2D eigenvalue weighted by atomic mass is 9.63. The van der Waals surface area contributed by atoms with Crippen LogP contribution in [0.1, 0.15) is 42.4 Å². The minimum atomic E-state index is -0.192. The Kier molecular flexibility index (Phi) is 4.46. The van der Waals surface area contributed by atoms with Gasteiger partial charge in [0.25, 0.3) is 0 Å². The highest BCUT2D eigenvalue weighted by atomic mass is 14.7. The van der Waals surface area contributed by atoms with Gasteiger partial charge in [-0.15, -0.1) is 0 Å². The van der Waals surface area contributed by atoms with Gasteiger partial charge in [0.1, 0.15) is 0 Å². The quantitative estimate of drug-likeness (QED) is 0.453. The topological polar surface area (TPSA) is 0 Å². The maximum absolute atomic E-state index is 2.52. The van der Waals surface area contributed by atoms with E-state index < -0.39 is 0 Å². The first-order valence-corrected chi connectivity index (χ1v) is 12.8. The van der Waals surface area contributed by atoms with Crippen LogP contribution in [0, 0.1) is 5.92 Å². The Balaban J connectivity index is 1.47. The molecule has 0 N–H and O–H groups in total. The molecule has 0 radical (unpaired) electrons. The molecule has 5 aliphatic carbocycles. The molecule has 2 aromatic carbocycles. The van der Waals surface area contributed by atoms with E-state index in [1.54, 1.807) is 16.7 Å². The van der Waals surface area contributed by atoms with E-state index in [0.29, 0.717) is 5.92 Å². The molecule has 0 saturated heterocycles. The molecule has 3 unspecified atom stereocenters. The Morgan fingerprint density at radius 2 is 1.56 bits per heavy atom. The lowest BCUT2D eigenvalue weighted by Gasteiger charge is -2.38. The molecule has 0 heterocycles. The third kappa shape index (κ3) is 2.66. The fraction of sp³-hybridized carbons (Fsp3) is 0.235. The van der Waals surface area contributed by atoms with Crippen molar-refractivity contribution in [3.05, 3.63) is 154 Å². The van der Waals surface area contributed by atoms with Gasteiger partial charge in [0.05, 0.1) is 5.41 Å². The standard InChI is InChI=1S/C34H30/c1-2-8-16-27(15-7-1)34(28-17-9-4-10-18-28)30-20-12-11-19-29(30)33-24-31(33)26(21-22-32(33)34)23-25-13-5-3-6-14-25/h1,3,5-9,11-22,31H,2,4,10,23-24H2. The van der Waals surface area contributed by atoms with Gasteiger partial charge in [0.15, 0.2) is 0 Å². The molecule has 0 amide bonds. The molecule has 0 aromatic heterocycles. The Morgan fingerprint density at radius 1 is 0.735 bits per heavy atom. The zero-order valence-corrected chi connectivity index (χ0v) is 19.6. The lowest BCUT2D eigenvalue weighted by Crippen LogP contribution is -2.33. The maximum Gasteiger partial charge on any atom is 0.0673 e. The van der Waals surface area contributed by atoms with Gasteiger partial charge in [-0.2, -0.15) is 0 Å². The second kappa shape index (κ2) is 7.57. The third-order valence-electron chi connectivity index (χ3n) is 8.66. The van der Waals surface area contributed by atoms with Crippen LogP contribution in [-0.2, 0) is 17.3 Å². The second-order valence-corrected chi connectivity index (χ2v) is 10.3. The first kappa shape index (κ1) is 20.0. The monoisotopic (exact) mass is 438 g/mol. The molecule has 0 nitrogen and oxygen atoms in total. The van der Waals surface area contributed by atoms with E-state index in [9.17, 15) is 0 Å². The van der Waals surface area contributed by atoms with Crippen molar-refractivity contribution in [3.63, 3.8) is 0 Å². The van der Waals surface area contributed by atoms with E-state index in [0.717, 1.165) is 25.7 Å². The highest BCUT2D eigenvalue weighted by Crippen LogP contribution is 2.75. The number of fused-ring (bicyclic) bond motifs is 1. The molecule has 2 aromatic rings. The molecule has 0 aliphatic heterocycles. The Hall–Kier alpha value is -3.38. The second-order valence-electron chi connectivity index (χ2n) is 10.3. The first-order chi connectivity index (χ1) is 16.8. The highest BCUT2D eigenvalue weighted by Gasteiger charge is 2.70. The fourth-order valence-corrected chi connectivity index (χ4v) is 7.23. The highest BCUT2D eigenvalue weighted by molar-refractivity contribution is 5.78. The van der Waals surface area contributed by atoms with Crippen molar-refractivity contribution in [3.8, 4) is 0 Å². The molecular weight excluding hydrogens is 408 g/mol. The van der Waals surface area contributed by atoms with Gasteiger partial charge in [-0.1, -0.05) is 121 Å². The van der Waals surface area contributed by atoms with Crippen molar-refractivity contribution in [1.29, 1.82) is 0 Å². The van der Waals surface area contributed by atoms with Crippen LogP contribution in [0.25, 0.3) is 0 Å². The normalized spacial score (nSPS) is 30.3. The summed E-state index contributed by atoms with van der Waals surface area (Å²) in [7, 11) is 0. The van der Waals surface area contributed by atoms with Crippen LogP contribution in [0.4, 0.5) is 0 Å². The number of hydrogen-bond acceptors (Lipinski definition) is 0. The largest absolute Gasteiger partial charge is 0.0839 e. The minimum absolute atomic E-state index is 0.145. The van der Waals surface area contributed by atoms with Crippen LogP contribution in [0.5, 0.6) is 0 Å². The number of benzene rings is 2. The molecule has 34 heavy (non-hydrogen) atoms. The Labute approximate surface area is 203 Å². The van der Waals surface area contributed by atoms with Gasteiger partial charge in [-0.3, -0.25) is 0 Å². The van der Waals surface area contributed by atoms with Gasteiger partial charge in [0.2, 0.25) is 0 Å². The fourth-order valence-electron chi connectivity index (χ4n) is 7.23. The molecule has 166 valence electrons. The Morgan fingerprint density at radius 3 is 2.41 bits per heavy atom. The molecular formula is C34H30. The summed E-state index contributed by atoms with van der Waals surface area (Å²) in [5.41, 5.74) is 10.5. The summed E-state index contributed by atoms with van der Waals surface area (Å²) in [4.78, 5) is 0. The molecule has 0 bridgehead atoms. The zero-order chi connectivity index (χ0) is 22.6. The molecule has 5 aliphatic rings. The summed E-state index contributed by atoms with van der Waals surface area (Å²) >= 11 is 0. The Bertz CT molecular complexity index is 1370. The van der Waals surface area contributed by atoms with E-state index >= 15 is 0 Å². The first-order valence-electron chi connectivity index (χ1n) is 12.8. The third-order valence-corrected chi connectivity index (χ3v) is 8.66. The van der Waals surface area contributed by atoms with Crippen LogP contribution in [0.15, 0.2) is 138 Å². The predicted octanol–water partition coefficient (Wildman–Crippen LogP) is 8.02. The van der Waals surface area contributed by atoms with Gasteiger partial charge < -0.3 is 0 Å². The predicted molar refractivity (Wildman–Crippen MR) is 142 cm³/mol.